The van der Waals surface area contributed by atoms with Crippen LogP contribution < -0.4 is 10.2 Å². The molecule has 1 rings (SSSR count). The molecule has 1 heterocycles. The highest BCUT2D eigenvalue weighted by atomic mass is 19.3. The molecular formula is C7H7BF3NO3. The van der Waals surface area contributed by atoms with Gasteiger partial charge in [0, 0.05) is 11.5 Å². The van der Waals surface area contributed by atoms with E-state index in [4.69, 9.17) is 10.0 Å². The fraction of sp³-hybridized carbons (Fsp3) is 0.286. The van der Waals surface area contributed by atoms with Gasteiger partial charge in [0.15, 0.2) is 6.61 Å². The summed E-state index contributed by atoms with van der Waals surface area (Å²) in [5, 5.41) is 17.4. The Balaban J connectivity index is 2.78. The first-order chi connectivity index (χ1) is 7.00. The molecule has 0 saturated heterocycles. The molecule has 4 nitrogen and oxygen atoms in total. The lowest BCUT2D eigenvalue weighted by Crippen LogP contribution is -2.33. The fourth-order valence-corrected chi connectivity index (χ4v) is 0.859. The van der Waals surface area contributed by atoms with Gasteiger partial charge in [0.2, 0.25) is 5.88 Å². The molecule has 82 valence electrons. The first-order valence-electron chi connectivity index (χ1n) is 3.93. The van der Waals surface area contributed by atoms with Gasteiger partial charge in [-0.3, -0.25) is 0 Å². The lowest BCUT2D eigenvalue weighted by Gasteiger charge is -2.06. The molecule has 0 aliphatic carbocycles. The van der Waals surface area contributed by atoms with Crippen LogP contribution in [0, 0.1) is 5.82 Å². The van der Waals surface area contributed by atoms with E-state index in [-0.39, 0.29) is 5.88 Å². The average Bonchev–Trinajstić information content (AvgIpc) is 2.16. The third kappa shape index (κ3) is 3.41. The average molecular weight is 221 g/mol. The van der Waals surface area contributed by atoms with Crippen LogP contribution >= 0.6 is 0 Å². The molecule has 0 amide bonds. The molecular weight excluding hydrogens is 214 g/mol. The summed E-state index contributed by atoms with van der Waals surface area (Å²) in [5.41, 5.74) is -0.478. The van der Waals surface area contributed by atoms with Gasteiger partial charge in [-0.2, -0.15) is 0 Å². The Morgan fingerprint density at radius 2 is 2.13 bits per heavy atom. The van der Waals surface area contributed by atoms with Crippen LogP contribution in [0.15, 0.2) is 12.3 Å². The van der Waals surface area contributed by atoms with Crippen LogP contribution in [0.5, 0.6) is 5.88 Å². The molecule has 0 radical (unpaired) electrons. The third-order valence-corrected chi connectivity index (χ3v) is 1.50. The van der Waals surface area contributed by atoms with Gasteiger partial charge in [0.25, 0.3) is 6.43 Å². The van der Waals surface area contributed by atoms with E-state index in [0.717, 1.165) is 6.07 Å². The van der Waals surface area contributed by atoms with Gasteiger partial charge in [-0.25, -0.2) is 18.2 Å². The summed E-state index contributed by atoms with van der Waals surface area (Å²) in [4.78, 5) is 3.34. The van der Waals surface area contributed by atoms with Gasteiger partial charge in [0.05, 0.1) is 6.20 Å². The highest BCUT2D eigenvalue weighted by Crippen LogP contribution is 2.06. The van der Waals surface area contributed by atoms with Gasteiger partial charge in [-0.1, -0.05) is 0 Å². The van der Waals surface area contributed by atoms with Gasteiger partial charge in [-0.05, 0) is 0 Å². The molecule has 0 spiro atoms. The van der Waals surface area contributed by atoms with Crippen molar-refractivity contribution in [1.82, 2.24) is 4.98 Å². The second-order valence-electron chi connectivity index (χ2n) is 2.62. The lowest BCUT2D eigenvalue weighted by molar-refractivity contribution is 0.0796. The van der Waals surface area contributed by atoms with Crippen molar-refractivity contribution in [3.63, 3.8) is 0 Å². The maximum absolute atomic E-state index is 12.8. The van der Waals surface area contributed by atoms with Gasteiger partial charge >= 0.3 is 7.12 Å². The van der Waals surface area contributed by atoms with Crippen molar-refractivity contribution < 1.29 is 28.0 Å². The van der Waals surface area contributed by atoms with Crippen molar-refractivity contribution >= 4 is 12.6 Å². The Hall–Kier alpha value is -1.28. The number of hydrogen-bond acceptors (Lipinski definition) is 4. The fourth-order valence-electron chi connectivity index (χ4n) is 0.859. The Morgan fingerprint density at radius 1 is 1.47 bits per heavy atom. The summed E-state index contributed by atoms with van der Waals surface area (Å²) in [7, 11) is -2.04. The first-order valence-corrected chi connectivity index (χ1v) is 3.93. The number of nitrogens with zero attached hydrogens (tertiary/aromatic N) is 1. The minimum absolute atomic E-state index is 0.292. The molecule has 0 saturated carbocycles. The van der Waals surface area contributed by atoms with E-state index in [2.05, 4.69) is 9.72 Å². The van der Waals surface area contributed by atoms with Crippen LogP contribution in [-0.4, -0.2) is 35.2 Å². The standard InChI is InChI=1S/C7H7BF3NO3/c9-5-2-12-7(15-3-6(10)11)1-4(5)8(13)14/h1-2,6,13-14H,3H2. The number of pyridine rings is 1. The first kappa shape index (κ1) is 11.8. The topological polar surface area (TPSA) is 62.6 Å². The maximum Gasteiger partial charge on any atom is 0.491 e. The van der Waals surface area contributed by atoms with Crippen molar-refractivity contribution in [2.45, 2.75) is 6.43 Å². The molecule has 15 heavy (non-hydrogen) atoms. The molecule has 1 aromatic heterocycles. The van der Waals surface area contributed by atoms with E-state index in [0.29, 0.717) is 6.20 Å². The summed E-state index contributed by atoms with van der Waals surface area (Å²) in [6, 6.07) is 0.850. The summed E-state index contributed by atoms with van der Waals surface area (Å²) in [6.45, 7) is -0.889. The molecule has 0 bridgehead atoms. The van der Waals surface area contributed by atoms with Gasteiger partial charge < -0.3 is 14.8 Å². The molecule has 0 aromatic carbocycles. The smallest absolute Gasteiger partial charge is 0.472 e. The normalized spacial score (nSPS) is 10.5. The predicted molar refractivity (Wildman–Crippen MR) is 45.5 cm³/mol. The third-order valence-electron chi connectivity index (χ3n) is 1.50. The van der Waals surface area contributed by atoms with E-state index in [1.165, 1.54) is 0 Å². The van der Waals surface area contributed by atoms with E-state index in [1.807, 2.05) is 0 Å². The number of aromatic nitrogens is 1. The van der Waals surface area contributed by atoms with Crippen molar-refractivity contribution in [1.29, 1.82) is 0 Å². The lowest BCUT2D eigenvalue weighted by atomic mass is 9.80. The summed E-state index contributed by atoms with van der Waals surface area (Å²) in [6.07, 6.45) is -2.02. The van der Waals surface area contributed by atoms with Crippen LogP contribution in [0.25, 0.3) is 0 Å². The highest BCUT2D eigenvalue weighted by molar-refractivity contribution is 6.58. The maximum atomic E-state index is 12.8. The van der Waals surface area contributed by atoms with Crippen molar-refractivity contribution in [3.05, 3.63) is 18.1 Å². The molecule has 0 aliphatic rings. The van der Waals surface area contributed by atoms with Crippen LogP contribution in [-0.2, 0) is 0 Å². The number of alkyl halides is 2. The van der Waals surface area contributed by atoms with E-state index >= 15 is 0 Å². The monoisotopic (exact) mass is 221 g/mol. The number of halogens is 3. The van der Waals surface area contributed by atoms with Crippen molar-refractivity contribution in [3.8, 4) is 5.88 Å². The molecule has 1 aromatic rings. The summed E-state index contributed by atoms with van der Waals surface area (Å²) < 4.78 is 40.8. The Bertz CT molecular complexity index is 337. The van der Waals surface area contributed by atoms with Crippen LogP contribution in [0.2, 0.25) is 0 Å². The van der Waals surface area contributed by atoms with E-state index < -0.39 is 31.4 Å². The molecule has 2 N–H and O–H groups in total. The Kier molecular flexibility index (Phi) is 3.92. The molecule has 0 fully saturated rings. The molecule has 0 aliphatic heterocycles. The number of rotatable bonds is 4. The Morgan fingerprint density at radius 3 is 2.67 bits per heavy atom. The molecule has 0 unspecified atom stereocenters. The number of ether oxygens (including phenoxy) is 1. The SMILES string of the molecule is OB(O)c1cc(OCC(F)F)ncc1F. The Labute approximate surface area is 83.5 Å². The summed E-state index contributed by atoms with van der Waals surface area (Å²) >= 11 is 0. The minimum Gasteiger partial charge on any atom is -0.472 e. The molecule has 8 heteroatoms. The number of hydrogen-bond donors (Lipinski definition) is 2. The minimum atomic E-state index is -2.68. The zero-order valence-corrected chi connectivity index (χ0v) is 7.40. The van der Waals surface area contributed by atoms with Crippen LogP contribution in [0.4, 0.5) is 13.2 Å². The quantitative estimate of drug-likeness (QED) is 0.675. The largest absolute Gasteiger partial charge is 0.491 e. The van der Waals surface area contributed by atoms with Crippen LogP contribution in [0.1, 0.15) is 0 Å². The molecule has 0 atom stereocenters. The summed E-state index contributed by atoms with van der Waals surface area (Å²) in [5.74, 6) is -1.24. The predicted octanol–water partition coefficient (Wildman–Crippen LogP) is -0.456. The highest BCUT2D eigenvalue weighted by Gasteiger charge is 2.18. The van der Waals surface area contributed by atoms with E-state index in [9.17, 15) is 13.2 Å². The van der Waals surface area contributed by atoms with Gasteiger partial charge in [0.1, 0.15) is 5.82 Å². The zero-order valence-electron chi connectivity index (χ0n) is 7.40. The van der Waals surface area contributed by atoms with Crippen molar-refractivity contribution in [2.24, 2.45) is 0 Å². The van der Waals surface area contributed by atoms with E-state index in [1.54, 1.807) is 0 Å². The second kappa shape index (κ2) is 4.99. The zero-order chi connectivity index (χ0) is 11.4. The van der Waals surface area contributed by atoms with Crippen molar-refractivity contribution in [2.75, 3.05) is 6.61 Å². The second-order valence-corrected chi connectivity index (χ2v) is 2.62. The van der Waals surface area contributed by atoms with Crippen LogP contribution in [0.3, 0.4) is 0 Å². The van der Waals surface area contributed by atoms with Gasteiger partial charge in [-0.15, -0.1) is 0 Å².